The number of hydrogen-bond donors (Lipinski definition) is 0. The van der Waals surface area contributed by atoms with E-state index in [-0.39, 0.29) is 12.2 Å². The normalized spacial score (nSPS) is 30.9. The van der Waals surface area contributed by atoms with Crippen molar-refractivity contribution in [2.24, 2.45) is 0 Å². The SMILES string of the molecule is CC(C)(C)OC(=O)N1CCC2O[C@H]2C1. The van der Waals surface area contributed by atoms with Crippen molar-refractivity contribution in [1.82, 2.24) is 4.90 Å². The maximum absolute atomic E-state index is 11.6. The Morgan fingerprint density at radius 3 is 2.71 bits per heavy atom. The summed E-state index contributed by atoms with van der Waals surface area (Å²) < 4.78 is 10.6. The molecule has 0 aromatic carbocycles. The maximum Gasteiger partial charge on any atom is 0.410 e. The highest BCUT2D eigenvalue weighted by atomic mass is 16.6. The van der Waals surface area contributed by atoms with Gasteiger partial charge in [0, 0.05) is 6.54 Å². The van der Waals surface area contributed by atoms with E-state index in [1.165, 1.54) is 0 Å². The standard InChI is InChI=1S/C10H17NO3/c1-10(2,3)14-9(12)11-5-4-7-8(6-11)13-7/h7-8H,4-6H2,1-3H3/t7?,8-/m0/s1. The molecular formula is C10H17NO3. The zero-order valence-corrected chi connectivity index (χ0v) is 8.95. The van der Waals surface area contributed by atoms with Crippen LogP contribution in [0, 0.1) is 0 Å². The van der Waals surface area contributed by atoms with E-state index in [0.29, 0.717) is 12.6 Å². The maximum atomic E-state index is 11.6. The van der Waals surface area contributed by atoms with Gasteiger partial charge >= 0.3 is 6.09 Å². The number of amides is 1. The van der Waals surface area contributed by atoms with E-state index >= 15 is 0 Å². The molecule has 0 aromatic rings. The van der Waals surface area contributed by atoms with Gasteiger partial charge in [0.2, 0.25) is 0 Å². The Bertz CT molecular complexity index is 246. The topological polar surface area (TPSA) is 42.1 Å². The smallest absolute Gasteiger partial charge is 0.410 e. The van der Waals surface area contributed by atoms with Crippen LogP contribution < -0.4 is 0 Å². The second kappa shape index (κ2) is 3.12. The van der Waals surface area contributed by atoms with E-state index in [2.05, 4.69) is 0 Å². The Kier molecular flexibility index (Phi) is 2.18. The minimum atomic E-state index is -0.404. The molecule has 2 saturated heterocycles. The van der Waals surface area contributed by atoms with Gasteiger partial charge in [-0.15, -0.1) is 0 Å². The average Bonchev–Trinajstić information content (AvgIpc) is 2.77. The molecule has 1 amide bonds. The molecule has 2 fully saturated rings. The minimum absolute atomic E-state index is 0.216. The Hall–Kier alpha value is -0.770. The van der Waals surface area contributed by atoms with Crippen molar-refractivity contribution in [3.63, 3.8) is 0 Å². The molecule has 0 bridgehead atoms. The Morgan fingerprint density at radius 2 is 2.14 bits per heavy atom. The van der Waals surface area contributed by atoms with Crippen molar-refractivity contribution >= 4 is 6.09 Å². The quantitative estimate of drug-likeness (QED) is 0.554. The average molecular weight is 199 g/mol. The number of nitrogens with zero attached hydrogens (tertiary/aromatic N) is 1. The van der Waals surface area contributed by atoms with Crippen molar-refractivity contribution in [2.45, 2.75) is 45.0 Å². The number of carbonyl (C=O) groups excluding carboxylic acids is 1. The lowest BCUT2D eigenvalue weighted by Crippen LogP contribution is -2.42. The monoisotopic (exact) mass is 199 g/mol. The third-order valence-corrected chi connectivity index (χ3v) is 2.42. The van der Waals surface area contributed by atoms with Gasteiger partial charge in [-0.1, -0.05) is 0 Å². The van der Waals surface area contributed by atoms with Crippen LogP contribution >= 0.6 is 0 Å². The highest BCUT2D eigenvalue weighted by molar-refractivity contribution is 5.68. The number of fused-ring (bicyclic) bond motifs is 1. The highest BCUT2D eigenvalue weighted by Gasteiger charge is 2.45. The second-order valence-electron chi connectivity index (χ2n) is 4.93. The van der Waals surface area contributed by atoms with Gasteiger partial charge in [-0.25, -0.2) is 4.79 Å². The predicted molar refractivity (Wildman–Crippen MR) is 51.1 cm³/mol. The van der Waals surface area contributed by atoms with Gasteiger partial charge in [0.05, 0.1) is 12.6 Å². The molecule has 2 heterocycles. The summed E-state index contributed by atoms with van der Waals surface area (Å²) in [6.45, 7) is 7.09. The van der Waals surface area contributed by atoms with Gasteiger partial charge in [-0.3, -0.25) is 0 Å². The van der Waals surface area contributed by atoms with Crippen LogP contribution in [-0.2, 0) is 9.47 Å². The minimum Gasteiger partial charge on any atom is -0.444 e. The van der Waals surface area contributed by atoms with E-state index < -0.39 is 5.60 Å². The number of hydrogen-bond acceptors (Lipinski definition) is 3. The van der Waals surface area contributed by atoms with Crippen LogP contribution in [0.1, 0.15) is 27.2 Å². The summed E-state index contributed by atoms with van der Waals surface area (Å²) >= 11 is 0. The fourth-order valence-electron chi connectivity index (χ4n) is 1.68. The third-order valence-electron chi connectivity index (χ3n) is 2.42. The largest absolute Gasteiger partial charge is 0.444 e. The Labute approximate surface area is 84.2 Å². The summed E-state index contributed by atoms with van der Waals surface area (Å²) in [5, 5.41) is 0. The van der Waals surface area contributed by atoms with E-state index in [1.54, 1.807) is 4.90 Å². The van der Waals surface area contributed by atoms with Gasteiger partial charge in [0.1, 0.15) is 11.7 Å². The summed E-state index contributed by atoms with van der Waals surface area (Å²) in [4.78, 5) is 13.4. The van der Waals surface area contributed by atoms with E-state index in [9.17, 15) is 4.79 Å². The zero-order chi connectivity index (χ0) is 10.3. The van der Waals surface area contributed by atoms with Crippen molar-refractivity contribution in [3.8, 4) is 0 Å². The predicted octanol–water partition coefficient (Wildman–Crippen LogP) is 1.39. The van der Waals surface area contributed by atoms with Gasteiger partial charge in [0.15, 0.2) is 0 Å². The van der Waals surface area contributed by atoms with Crippen LogP contribution in [0.15, 0.2) is 0 Å². The van der Waals surface area contributed by atoms with Gasteiger partial charge in [0.25, 0.3) is 0 Å². The molecule has 4 nitrogen and oxygen atoms in total. The lowest BCUT2D eigenvalue weighted by atomic mass is 10.1. The van der Waals surface area contributed by atoms with E-state index in [1.807, 2.05) is 20.8 Å². The Balaban J connectivity index is 1.85. The third kappa shape index (κ3) is 2.18. The molecule has 0 aliphatic carbocycles. The molecule has 2 atom stereocenters. The molecule has 1 unspecified atom stereocenters. The molecule has 4 heteroatoms. The van der Waals surface area contributed by atoms with Gasteiger partial charge < -0.3 is 14.4 Å². The lowest BCUT2D eigenvalue weighted by molar-refractivity contribution is 0.0229. The fraction of sp³-hybridized carbons (Fsp3) is 0.900. The van der Waals surface area contributed by atoms with Crippen molar-refractivity contribution in [2.75, 3.05) is 13.1 Å². The number of epoxide rings is 1. The van der Waals surface area contributed by atoms with Crippen LogP contribution in [0.25, 0.3) is 0 Å². The van der Waals surface area contributed by atoms with Crippen LogP contribution in [-0.4, -0.2) is 41.9 Å². The molecule has 80 valence electrons. The first-order chi connectivity index (χ1) is 6.46. The summed E-state index contributed by atoms with van der Waals surface area (Å²) in [6, 6.07) is 0. The van der Waals surface area contributed by atoms with E-state index in [0.717, 1.165) is 13.0 Å². The van der Waals surface area contributed by atoms with Gasteiger partial charge in [-0.2, -0.15) is 0 Å². The van der Waals surface area contributed by atoms with Crippen LogP contribution in [0.2, 0.25) is 0 Å². The molecule has 0 saturated carbocycles. The summed E-state index contributed by atoms with van der Waals surface area (Å²) in [7, 11) is 0. The lowest BCUT2D eigenvalue weighted by Gasteiger charge is -2.28. The Morgan fingerprint density at radius 1 is 1.43 bits per heavy atom. The summed E-state index contributed by atoms with van der Waals surface area (Å²) in [5.74, 6) is 0. The van der Waals surface area contributed by atoms with Crippen LogP contribution in [0.3, 0.4) is 0 Å². The van der Waals surface area contributed by atoms with Crippen LogP contribution in [0.5, 0.6) is 0 Å². The fourth-order valence-corrected chi connectivity index (χ4v) is 1.68. The molecule has 2 aliphatic rings. The molecule has 0 aromatic heterocycles. The molecule has 2 aliphatic heterocycles. The second-order valence-corrected chi connectivity index (χ2v) is 4.93. The molecule has 0 spiro atoms. The van der Waals surface area contributed by atoms with Crippen molar-refractivity contribution < 1.29 is 14.3 Å². The van der Waals surface area contributed by atoms with Crippen molar-refractivity contribution in [3.05, 3.63) is 0 Å². The molecular weight excluding hydrogens is 182 g/mol. The molecule has 0 radical (unpaired) electrons. The number of carbonyl (C=O) groups is 1. The van der Waals surface area contributed by atoms with E-state index in [4.69, 9.17) is 9.47 Å². The first kappa shape index (κ1) is 9.77. The number of ether oxygens (including phenoxy) is 2. The molecule has 14 heavy (non-hydrogen) atoms. The number of rotatable bonds is 0. The number of piperidine rings is 1. The van der Waals surface area contributed by atoms with Crippen molar-refractivity contribution in [1.29, 1.82) is 0 Å². The zero-order valence-electron chi connectivity index (χ0n) is 8.95. The van der Waals surface area contributed by atoms with Gasteiger partial charge in [-0.05, 0) is 27.2 Å². The first-order valence-corrected chi connectivity index (χ1v) is 5.09. The first-order valence-electron chi connectivity index (χ1n) is 5.09. The van der Waals surface area contributed by atoms with Crippen LogP contribution in [0.4, 0.5) is 4.79 Å². The number of likely N-dealkylation sites (tertiary alicyclic amines) is 1. The molecule has 2 rings (SSSR count). The summed E-state index contributed by atoms with van der Waals surface area (Å²) in [6.07, 6.45) is 1.42. The summed E-state index contributed by atoms with van der Waals surface area (Å²) in [5.41, 5.74) is -0.404. The highest BCUT2D eigenvalue weighted by Crippen LogP contribution is 2.31. The molecule has 0 N–H and O–H groups in total.